The van der Waals surface area contributed by atoms with Crippen molar-refractivity contribution in [3.8, 4) is 0 Å². The van der Waals surface area contributed by atoms with Crippen LogP contribution in [0.5, 0.6) is 0 Å². The lowest BCUT2D eigenvalue weighted by Crippen LogP contribution is -1.98. The van der Waals surface area contributed by atoms with Crippen LogP contribution in [0.3, 0.4) is 0 Å². The van der Waals surface area contributed by atoms with Crippen LogP contribution >= 0.6 is 39.1 Å². The summed E-state index contributed by atoms with van der Waals surface area (Å²) in [5.74, 6) is 0. The molecule has 3 heteroatoms. The molecule has 19 heavy (non-hydrogen) atoms. The van der Waals surface area contributed by atoms with Crippen molar-refractivity contribution in [3.63, 3.8) is 0 Å². The van der Waals surface area contributed by atoms with Gasteiger partial charge in [0, 0.05) is 14.9 Å². The van der Waals surface area contributed by atoms with Crippen LogP contribution in [0.25, 0.3) is 0 Å². The summed E-state index contributed by atoms with van der Waals surface area (Å²) in [5, 5.41) is 1.58. The summed E-state index contributed by atoms with van der Waals surface area (Å²) in [6.07, 6.45) is 0.864. The van der Waals surface area contributed by atoms with Gasteiger partial charge in [-0.05, 0) is 60.7 Å². The normalized spacial score (nSPS) is 12.5. The molecule has 0 heterocycles. The van der Waals surface area contributed by atoms with E-state index >= 15 is 0 Å². The zero-order valence-electron chi connectivity index (χ0n) is 10.9. The lowest BCUT2D eigenvalue weighted by molar-refractivity contribution is 0.946. The van der Waals surface area contributed by atoms with E-state index in [0.717, 1.165) is 22.0 Å². The molecule has 2 rings (SSSR count). The maximum absolute atomic E-state index is 6.34. The van der Waals surface area contributed by atoms with Gasteiger partial charge in [0.25, 0.3) is 0 Å². The highest BCUT2D eigenvalue weighted by molar-refractivity contribution is 9.09. The molecule has 0 saturated heterocycles. The Morgan fingerprint density at radius 2 is 1.74 bits per heavy atom. The minimum atomic E-state index is 0.192. The highest BCUT2D eigenvalue weighted by Gasteiger charge is 2.13. The summed E-state index contributed by atoms with van der Waals surface area (Å²) < 4.78 is 0. The molecule has 0 radical (unpaired) electrons. The van der Waals surface area contributed by atoms with Gasteiger partial charge in [0.05, 0.1) is 0 Å². The van der Waals surface area contributed by atoms with E-state index in [2.05, 4.69) is 41.9 Å². The van der Waals surface area contributed by atoms with Crippen molar-refractivity contribution in [2.75, 3.05) is 0 Å². The fourth-order valence-corrected chi connectivity index (χ4v) is 3.47. The molecule has 1 atom stereocenters. The van der Waals surface area contributed by atoms with E-state index in [1.165, 1.54) is 16.7 Å². The van der Waals surface area contributed by atoms with E-state index in [4.69, 9.17) is 23.2 Å². The number of hydrogen-bond acceptors (Lipinski definition) is 0. The molecule has 0 nitrogen and oxygen atoms in total. The maximum Gasteiger partial charge on any atom is 0.0452 e. The van der Waals surface area contributed by atoms with Crippen molar-refractivity contribution in [1.82, 2.24) is 0 Å². The Morgan fingerprint density at radius 3 is 2.42 bits per heavy atom. The Kier molecular flexibility index (Phi) is 4.94. The predicted octanol–water partition coefficient (Wildman–Crippen LogP) is 6.29. The van der Waals surface area contributed by atoms with Gasteiger partial charge in [0.15, 0.2) is 0 Å². The third kappa shape index (κ3) is 3.75. The van der Waals surface area contributed by atoms with Gasteiger partial charge >= 0.3 is 0 Å². The monoisotopic (exact) mass is 356 g/mol. The van der Waals surface area contributed by atoms with Gasteiger partial charge in [-0.25, -0.2) is 0 Å². The van der Waals surface area contributed by atoms with Crippen LogP contribution in [0.1, 0.15) is 27.1 Å². The van der Waals surface area contributed by atoms with Crippen molar-refractivity contribution in [2.45, 2.75) is 25.1 Å². The van der Waals surface area contributed by atoms with Crippen LogP contribution in [0.2, 0.25) is 10.0 Å². The number of aryl methyl sites for hydroxylation is 2. The van der Waals surface area contributed by atoms with E-state index in [9.17, 15) is 0 Å². The minimum absolute atomic E-state index is 0.192. The second-order valence-electron chi connectivity index (χ2n) is 4.76. The molecule has 0 aliphatic heterocycles. The third-order valence-corrected chi connectivity index (χ3v) is 4.63. The van der Waals surface area contributed by atoms with Crippen LogP contribution in [-0.4, -0.2) is 0 Å². The Balaban J connectivity index is 2.25. The van der Waals surface area contributed by atoms with Crippen molar-refractivity contribution in [3.05, 3.63) is 68.7 Å². The molecule has 2 aromatic rings. The Hall–Kier alpha value is -0.500. The van der Waals surface area contributed by atoms with Gasteiger partial charge in [-0.15, -0.1) is 0 Å². The summed E-state index contributed by atoms with van der Waals surface area (Å²) >= 11 is 16.1. The summed E-state index contributed by atoms with van der Waals surface area (Å²) in [4.78, 5) is 0.192. The zero-order valence-corrected chi connectivity index (χ0v) is 14.0. The molecular weight excluding hydrogens is 343 g/mol. The molecule has 0 bridgehead atoms. The molecule has 0 aliphatic rings. The van der Waals surface area contributed by atoms with Gasteiger partial charge in [-0.3, -0.25) is 0 Å². The first-order valence-corrected chi connectivity index (χ1v) is 7.79. The maximum atomic E-state index is 6.34. The van der Waals surface area contributed by atoms with E-state index in [0.29, 0.717) is 0 Å². The molecule has 0 saturated carbocycles. The fourth-order valence-electron chi connectivity index (χ4n) is 2.02. The van der Waals surface area contributed by atoms with E-state index in [1.807, 2.05) is 24.3 Å². The molecule has 0 aliphatic carbocycles. The van der Waals surface area contributed by atoms with Crippen molar-refractivity contribution in [1.29, 1.82) is 0 Å². The Morgan fingerprint density at radius 1 is 1.05 bits per heavy atom. The highest BCUT2D eigenvalue weighted by Crippen LogP contribution is 2.34. The van der Waals surface area contributed by atoms with Crippen LogP contribution in [-0.2, 0) is 6.42 Å². The summed E-state index contributed by atoms with van der Waals surface area (Å²) in [6.45, 7) is 4.18. The number of hydrogen-bond donors (Lipinski definition) is 0. The second kappa shape index (κ2) is 6.30. The lowest BCUT2D eigenvalue weighted by Gasteiger charge is -2.14. The van der Waals surface area contributed by atoms with E-state index in [-0.39, 0.29) is 4.83 Å². The van der Waals surface area contributed by atoms with Gasteiger partial charge in [0.1, 0.15) is 0 Å². The number of alkyl halides is 1. The highest BCUT2D eigenvalue weighted by atomic mass is 79.9. The van der Waals surface area contributed by atoms with Gasteiger partial charge < -0.3 is 0 Å². The summed E-state index contributed by atoms with van der Waals surface area (Å²) in [7, 11) is 0. The number of halogens is 3. The molecule has 0 spiro atoms. The lowest BCUT2D eigenvalue weighted by atomic mass is 10.0. The quantitative estimate of drug-likeness (QED) is 0.566. The van der Waals surface area contributed by atoms with Crippen LogP contribution in [0, 0.1) is 13.8 Å². The summed E-state index contributed by atoms with van der Waals surface area (Å²) in [5.41, 5.74) is 4.81. The molecule has 0 fully saturated rings. The first-order chi connectivity index (χ1) is 8.97. The molecule has 0 N–H and O–H groups in total. The molecule has 1 unspecified atom stereocenters. The zero-order chi connectivity index (χ0) is 14.0. The molecule has 2 aromatic carbocycles. The van der Waals surface area contributed by atoms with Crippen LogP contribution < -0.4 is 0 Å². The minimum Gasteiger partial charge on any atom is -0.0843 e. The first kappa shape index (κ1) is 14.9. The van der Waals surface area contributed by atoms with Crippen molar-refractivity contribution < 1.29 is 0 Å². The molecule has 0 amide bonds. The van der Waals surface area contributed by atoms with Crippen LogP contribution in [0.15, 0.2) is 36.4 Å². The standard InChI is InChI=1S/C16H15BrCl2/c1-10-6-14(16(19)7-11(10)2)15(17)9-12-4-3-5-13(18)8-12/h3-8,15H,9H2,1-2H3. The van der Waals surface area contributed by atoms with E-state index in [1.54, 1.807) is 0 Å². The Labute approximate surface area is 132 Å². The fraction of sp³-hybridized carbons (Fsp3) is 0.250. The van der Waals surface area contributed by atoms with Gasteiger partial charge in [-0.1, -0.05) is 57.3 Å². The SMILES string of the molecule is Cc1cc(Cl)c(C(Br)Cc2cccc(Cl)c2)cc1C. The van der Waals surface area contributed by atoms with Crippen LogP contribution in [0.4, 0.5) is 0 Å². The second-order valence-corrected chi connectivity index (χ2v) is 6.71. The average Bonchev–Trinajstić information content (AvgIpc) is 2.33. The number of rotatable bonds is 3. The smallest absolute Gasteiger partial charge is 0.0452 e. The molecule has 0 aromatic heterocycles. The first-order valence-electron chi connectivity index (χ1n) is 6.12. The van der Waals surface area contributed by atoms with Gasteiger partial charge in [-0.2, -0.15) is 0 Å². The largest absolute Gasteiger partial charge is 0.0843 e. The van der Waals surface area contributed by atoms with Crippen molar-refractivity contribution >= 4 is 39.1 Å². The molecule has 100 valence electrons. The summed E-state index contributed by atoms with van der Waals surface area (Å²) in [6, 6.07) is 12.1. The van der Waals surface area contributed by atoms with Crippen molar-refractivity contribution in [2.24, 2.45) is 0 Å². The van der Waals surface area contributed by atoms with Gasteiger partial charge in [0.2, 0.25) is 0 Å². The Bertz CT molecular complexity index is 593. The van der Waals surface area contributed by atoms with E-state index < -0.39 is 0 Å². The predicted molar refractivity (Wildman–Crippen MR) is 87.8 cm³/mol. The third-order valence-electron chi connectivity index (χ3n) is 3.25. The molecular formula is C16H15BrCl2. The average molecular weight is 358 g/mol. The topological polar surface area (TPSA) is 0 Å². The number of benzene rings is 2.